The van der Waals surface area contributed by atoms with Gasteiger partial charge in [0.25, 0.3) is 0 Å². The van der Waals surface area contributed by atoms with Gasteiger partial charge in [0, 0.05) is 6.99 Å². The minimum absolute atomic E-state index is 0. The van der Waals surface area contributed by atoms with Crippen LogP contribution in [0.25, 0.3) is 6.08 Å². The fourth-order valence-corrected chi connectivity index (χ4v) is 0.806. The summed E-state index contributed by atoms with van der Waals surface area (Å²) in [6, 6.07) is 7.71. The molecule has 0 nitrogen and oxygen atoms in total. The Balaban J connectivity index is 0. The average Bonchev–Trinajstić information content (AvgIpc) is 2.20. The Labute approximate surface area is 76.4 Å². The van der Waals surface area contributed by atoms with Gasteiger partial charge in [-0.2, -0.15) is 0 Å². The summed E-state index contributed by atoms with van der Waals surface area (Å²) in [4.78, 5) is 0. The molecule has 0 N–H and O–H groups in total. The molecule has 0 heteroatoms. The SMILES string of the molecule is C#Cc1ccccc1C=C.CC.[HH]. The van der Waals surface area contributed by atoms with E-state index in [2.05, 4.69) is 12.5 Å². The van der Waals surface area contributed by atoms with Crippen LogP contribution in [0.5, 0.6) is 0 Å². The first kappa shape index (κ1) is 10.5. The van der Waals surface area contributed by atoms with Crippen LogP contribution >= 0.6 is 0 Å². The van der Waals surface area contributed by atoms with Gasteiger partial charge in [0.2, 0.25) is 0 Å². The first-order valence-corrected chi connectivity index (χ1v) is 4.06. The highest BCUT2D eigenvalue weighted by Crippen LogP contribution is 2.07. The molecule has 0 aliphatic rings. The van der Waals surface area contributed by atoms with Gasteiger partial charge in [0.15, 0.2) is 0 Å². The quantitative estimate of drug-likeness (QED) is 0.551. The summed E-state index contributed by atoms with van der Waals surface area (Å²) in [6.07, 6.45) is 6.99. The van der Waals surface area contributed by atoms with Crippen LogP contribution in [0, 0.1) is 12.3 Å². The number of benzene rings is 1. The van der Waals surface area contributed by atoms with E-state index >= 15 is 0 Å². The topological polar surface area (TPSA) is 0 Å². The highest BCUT2D eigenvalue weighted by Gasteiger charge is 1.90. The van der Waals surface area contributed by atoms with E-state index in [-0.39, 0.29) is 1.43 Å². The number of hydrogen-bond acceptors (Lipinski definition) is 0. The fraction of sp³-hybridized carbons (Fsp3) is 0.167. The second kappa shape index (κ2) is 6.24. The Bertz CT molecular complexity index is 281. The molecule has 0 saturated heterocycles. The molecular formula is C12H16. The summed E-state index contributed by atoms with van der Waals surface area (Å²) in [7, 11) is 0. The van der Waals surface area contributed by atoms with Crippen LogP contribution < -0.4 is 0 Å². The van der Waals surface area contributed by atoms with E-state index in [1.54, 1.807) is 6.08 Å². The summed E-state index contributed by atoms with van der Waals surface area (Å²) < 4.78 is 0. The summed E-state index contributed by atoms with van der Waals surface area (Å²) in [5, 5.41) is 0. The molecule has 12 heavy (non-hydrogen) atoms. The van der Waals surface area contributed by atoms with Crippen molar-refractivity contribution in [3.05, 3.63) is 42.0 Å². The molecule has 0 aliphatic carbocycles. The fourth-order valence-electron chi connectivity index (χ4n) is 0.806. The van der Waals surface area contributed by atoms with Gasteiger partial charge in [-0.1, -0.05) is 50.6 Å². The largest absolute Gasteiger partial charge is 0.115 e. The zero-order chi connectivity index (χ0) is 9.40. The van der Waals surface area contributed by atoms with Crippen molar-refractivity contribution in [1.82, 2.24) is 0 Å². The monoisotopic (exact) mass is 160 g/mol. The first-order chi connectivity index (χ1) is 5.88. The third-order valence-electron chi connectivity index (χ3n) is 1.34. The van der Waals surface area contributed by atoms with Crippen LogP contribution in [0.3, 0.4) is 0 Å². The average molecular weight is 160 g/mol. The zero-order valence-corrected chi connectivity index (χ0v) is 7.67. The summed E-state index contributed by atoms with van der Waals surface area (Å²) >= 11 is 0. The molecule has 1 aromatic rings. The van der Waals surface area contributed by atoms with Crippen LogP contribution in [0.4, 0.5) is 0 Å². The maximum Gasteiger partial charge on any atom is 0.0314 e. The van der Waals surface area contributed by atoms with Gasteiger partial charge in [-0.3, -0.25) is 0 Å². The van der Waals surface area contributed by atoms with Crippen LogP contribution in [0.15, 0.2) is 30.8 Å². The minimum Gasteiger partial charge on any atom is -0.115 e. The lowest BCUT2D eigenvalue weighted by Crippen LogP contribution is -1.77. The summed E-state index contributed by atoms with van der Waals surface area (Å²) in [5.41, 5.74) is 1.92. The molecule has 0 amide bonds. The van der Waals surface area contributed by atoms with Crippen molar-refractivity contribution in [2.45, 2.75) is 13.8 Å². The predicted molar refractivity (Wildman–Crippen MR) is 57.9 cm³/mol. The molecule has 0 aromatic heterocycles. The van der Waals surface area contributed by atoms with Crippen LogP contribution in [0.2, 0.25) is 0 Å². The van der Waals surface area contributed by atoms with Gasteiger partial charge >= 0.3 is 0 Å². The van der Waals surface area contributed by atoms with Crippen LogP contribution in [-0.4, -0.2) is 0 Å². The Kier molecular flexibility index (Phi) is 5.47. The molecule has 0 unspecified atom stereocenters. The van der Waals surface area contributed by atoms with Crippen molar-refractivity contribution in [1.29, 1.82) is 0 Å². The smallest absolute Gasteiger partial charge is 0.0314 e. The third kappa shape index (κ3) is 2.64. The molecule has 0 bridgehead atoms. The molecule has 0 atom stereocenters. The maximum absolute atomic E-state index is 5.23. The van der Waals surface area contributed by atoms with Gasteiger partial charge in [-0.25, -0.2) is 0 Å². The third-order valence-corrected chi connectivity index (χ3v) is 1.34. The highest BCUT2D eigenvalue weighted by molar-refractivity contribution is 5.56. The maximum atomic E-state index is 5.23. The Morgan fingerprint density at radius 1 is 1.42 bits per heavy atom. The Hall–Kier alpha value is -1.48. The van der Waals surface area contributed by atoms with E-state index in [9.17, 15) is 0 Å². The van der Waals surface area contributed by atoms with Crippen LogP contribution in [-0.2, 0) is 0 Å². The molecule has 0 aliphatic heterocycles. The van der Waals surface area contributed by atoms with Gasteiger partial charge in [-0.05, 0) is 11.6 Å². The van der Waals surface area contributed by atoms with E-state index in [1.807, 2.05) is 38.1 Å². The van der Waals surface area contributed by atoms with Crippen molar-refractivity contribution in [2.24, 2.45) is 0 Å². The molecule has 64 valence electrons. The first-order valence-electron chi connectivity index (χ1n) is 4.06. The van der Waals surface area contributed by atoms with E-state index in [4.69, 9.17) is 6.42 Å². The molecule has 1 rings (SSSR count). The highest BCUT2D eigenvalue weighted by atomic mass is 13.9. The molecule has 0 spiro atoms. The van der Waals surface area contributed by atoms with Crippen LogP contribution in [0.1, 0.15) is 26.4 Å². The van der Waals surface area contributed by atoms with Crippen molar-refractivity contribution >= 4 is 6.08 Å². The molecule has 1 aromatic carbocycles. The van der Waals surface area contributed by atoms with Crippen molar-refractivity contribution in [3.8, 4) is 12.3 Å². The van der Waals surface area contributed by atoms with Gasteiger partial charge in [-0.15, -0.1) is 6.42 Å². The van der Waals surface area contributed by atoms with E-state index < -0.39 is 0 Å². The summed E-state index contributed by atoms with van der Waals surface area (Å²) in [5.74, 6) is 2.58. The Morgan fingerprint density at radius 2 is 2.00 bits per heavy atom. The second-order valence-corrected chi connectivity index (χ2v) is 1.94. The zero-order valence-electron chi connectivity index (χ0n) is 7.67. The lowest BCUT2D eigenvalue weighted by atomic mass is 10.1. The van der Waals surface area contributed by atoms with E-state index in [0.29, 0.717) is 0 Å². The lowest BCUT2D eigenvalue weighted by molar-refractivity contribution is 1.50. The minimum atomic E-state index is 0. The van der Waals surface area contributed by atoms with Crippen molar-refractivity contribution in [2.75, 3.05) is 0 Å². The van der Waals surface area contributed by atoms with Crippen molar-refractivity contribution in [3.63, 3.8) is 0 Å². The van der Waals surface area contributed by atoms with Gasteiger partial charge < -0.3 is 0 Å². The van der Waals surface area contributed by atoms with Crippen molar-refractivity contribution < 1.29 is 1.43 Å². The summed E-state index contributed by atoms with van der Waals surface area (Å²) in [6.45, 7) is 7.64. The van der Waals surface area contributed by atoms with E-state index in [0.717, 1.165) is 11.1 Å². The molecule has 0 saturated carbocycles. The Morgan fingerprint density at radius 3 is 2.42 bits per heavy atom. The normalized spacial score (nSPS) is 7.42. The van der Waals surface area contributed by atoms with E-state index in [1.165, 1.54) is 0 Å². The van der Waals surface area contributed by atoms with Gasteiger partial charge in [0.05, 0.1) is 0 Å². The number of terminal acetylenes is 1. The predicted octanol–water partition coefficient (Wildman–Crippen LogP) is 3.58. The van der Waals surface area contributed by atoms with Gasteiger partial charge in [0.1, 0.15) is 0 Å². The number of hydrogen-bond donors (Lipinski definition) is 0. The number of rotatable bonds is 1. The standard InChI is InChI=1S/C10H8.C2H6.H2/c1-3-9-7-5-6-8-10(9)4-2;1-2;/h1,4-8H,2H2;1-2H3;1H. The second-order valence-electron chi connectivity index (χ2n) is 1.94. The molecule has 0 heterocycles. The lowest BCUT2D eigenvalue weighted by Gasteiger charge is -1.94. The molecule has 0 radical (unpaired) electrons. The molecular weight excluding hydrogens is 144 g/mol. The molecule has 0 fully saturated rings.